The van der Waals surface area contributed by atoms with Crippen molar-refractivity contribution in [3.8, 4) is 0 Å². The quantitative estimate of drug-likeness (QED) is 0.359. The second-order valence-electron chi connectivity index (χ2n) is 9.04. The normalized spacial score (nSPS) is 13.6. The number of fused-ring (bicyclic) bond motifs is 2. The highest BCUT2D eigenvalue weighted by Crippen LogP contribution is 2.21. The number of rotatable bonds is 7. The van der Waals surface area contributed by atoms with Gasteiger partial charge in [0.2, 0.25) is 0 Å². The molecule has 0 unspecified atom stereocenters. The SMILES string of the molecule is O=C(N[C@@H](Cc1c[nH]c2ccccc12)C(=O)OCC(=O)N1CCc2ccccc2C1)c1ccc(Cl)cc1. The number of ether oxygens (including phenoxy) is 1. The van der Waals surface area contributed by atoms with Gasteiger partial charge in [-0.15, -0.1) is 0 Å². The number of amides is 2. The summed E-state index contributed by atoms with van der Waals surface area (Å²) in [6.07, 6.45) is 2.78. The molecule has 8 heteroatoms. The van der Waals surface area contributed by atoms with Crippen LogP contribution in [0.3, 0.4) is 0 Å². The Morgan fingerprint density at radius 1 is 0.973 bits per heavy atom. The lowest BCUT2D eigenvalue weighted by molar-refractivity contribution is -0.154. The summed E-state index contributed by atoms with van der Waals surface area (Å²) in [4.78, 5) is 43.8. The largest absolute Gasteiger partial charge is 0.454 e. The number of nitrogens with zero attached hydrogens (tertiary/aromatic N) is 1. The van der Waals surface area contributed by atoms with Crippen LogP contribution in [-0.2, 0) is 33.7 Å². The standard InChI is InChI=1S/C29H26ClN3O4/c30-23-11-9-20(10-12-23)28(35)32-26(15-22-16-31-25-8-4-3-7-24(22)25)29(36)37-18-27(34)33-14-13-19-5-1-2-6-21(19)17-33/h1-12,16,26,31H,13-15,17-18H2,(H,32,35)/t26-/m0/s1. The van der Waals surface area contributed by atoms with Crippen LogP contribution >= 0.6 is 11.6 Å². The van der Waals surface area contributed by atoms with Gasteiger partial charge < -0.3 is 19.9 Å². The second-order valence-corrected chi connectivity index (χ2v) is 9.47. The summed E-state index contributed by atoms with van der Waals surface area (Å²) in [6, 6.07) is 21.1. The minimum Gasteiger partial charge on any atom is -0.454 e. The Hall–Kier alpha value is -4.10. The molecule has 2 amide bonds. The molecular formula is C29H26ClN3O4. The van der Waals surface area contributed by atoms with E-state index in [2.05, 4.69) is 16.4 Å². The van der Waals surface area contributed by atoms with Crippen molar-refractivity contribution in [2.24, 2.45) is 0 Å². The van der Waals surface area contributed by atoms with E-state index in [0.29, 0.717) is 23.7 Å². The summed E-state index contributed by atoms with van der Waals surface area (Å²) in [5, 5.41) is 4.23. The Morgan fingerprint density at radius 3 is 2.51 bits per heavy atom. The second kappa shape index (κ2) is 10.9. The fraction of sp³-hybridized carbons (Fsp3) is 0.207. The number of hydrogen-bond donors (Lipinski definition) is 2. The van der Waals surface area contributed by atoms with Crippen LogP contribution in [-0.4, -0.2) is 46.9 Å². The van der Waals surface area contributed by atoms with Gasteiger partial charge in [0.15, 0.2) is 6.61 Å². The number of halogens is 1. The lowest BCUT2D eigenvalue weighted by Gasteiger charge is -2.29. The highest BCUT2D eigenvalue weighted by atomic mass is 35.5. The zero-order valence-corrected chi connectivity index (χ0v) is 20.8. The molecule has 0 fully saturated rings. The predicted molar refractivity (Wildman–Crippen MR) is 141 cm³/mol. The van der Waals surface area contributed by atoms with Crippen molar-refractivity contribution in [1.82, 2.24) is 15.2 Å². The molecule has 1 atom stereocenters. The minimum absolute atomic E-state index is 0.202. The molecule has 4 aromatic rings. The first-order chi connectivity index (χ1) is 18.0. The van der Waals surface area contributed by atoms with Gasteiger partial charge in [-0.05, 0) is 53.4 Å². The fourth-order valence-corrected chi connectivity index (χ4v) is 4.72. The molecule has 1 aromatic heterocycles. The van der Waals surface area contributed by atoms with Gasteiger partial charge in [-0.25, -0.2) is 4.79 Å². The van der Waals surface area contributed by atoms with E-state index in [-0.39, 0.29) is 18.9 Å². The third-order valence-corrected chi connectivity index (χ3v) is 6.87. The van der Waals surface area contributed by atoms with Gasteiger partial charge in [-0.1, -0.05) is 54.1 Å². The molecule has 0 bridgehead atoms. The molecule has 7 nitrogen and oxygen atoms in total. The molecule has 0 radical (unpaired) electrons. The van der Waals surface area contributed by atoms with E-state index in [4.69, 9.17) is 16.3 Å². The van der Waals surface area contributed by atoms with Gasteiger partial charge in [0.05, 0.1) is 0 Å². The van der Waals surface area contributed by atoms with Crippen molar-refractivity contribution in [2.75, 3.05) is 13.2 Å². The highest BCUT2D eigenvalue weighted by molar-refractivity contribution is 6.30. The zero-order chi connectivity index (χ0) is 25.8. The molecule has 1 aliphatic heterocycles. The van der Waals surface area contributed by atoms with E-state index in [1.54, 1.807) is 29.2 Å². The molecule has 37 heavy (non-hydrogen) atoms. The van der Waals surface area contributed by atoms with Crippen LogP contribution in [0.5, 0.6) is 0 Å². The Kier molecular flexibility index (Phi) is 7.23. The maximum absolute atomic E-state index is 13.2. The number of para-hydroxylation sites is 1. The smallest absolute Gasteiger partial charge is 0.329 e. The summed E-state index contributed by atoms with van der Waals surface area (Å²) < 4.78 is 5.45. The molecule has 0 spiro atoms. The number of carbonyl (C=O) groups excluding carboxylic acids is 3. The first-order valence-electron chi connectivity index (χ1n) is 12.1. The number of H-pyrrole nitrogens is 1. The maximum atomic E-state index is 13.2. The first kappa shape index (κ1) is 24.6. The number of aromatic nitrogens is 1. The first-order valence-corrected chi connectivity index (χ1v) is 12.5. The number of nitrogens with one attached hydrogen (secondary N) is 2. The monoisotopic (exact) mass is 515 g/mol. The molecular weight excluding hydrogens is 490 g/mol. The van der Waals surface area contributed by atoms with E-state index in [1.165, 1.54) is 5.56 Å². The van der Waals surface area contributed by atoms with E-state index < -0.39 is 17.9 Å². The summed E-state index contributed by atoms with van der Waals surface area (Å²) in [5.74, 6) is -1.37. The third-order valence-electron chi connectivity index (χ3n) is 6.62. The Bertz CT molecular complexity index is 1450. The Morgan fingerprint density at radius 2 is 1.70 bits per heavy atom. The maximum Gasteiger partial charge on any atom is 0.329 e. The molecule has 188 valence electrons. The lowest BCUT2D eigenvalue weighted by atomic mass is 10.00. The van der Waals surface area contributed by atoms with Crippen molar-refractivity contribution >= 4 is 40.3 Å². The number of carbonyl (C=O) groups is 3. The fourth-order valence-electron chi connectivity index (χ4n) is 4.59. The number of benzene rings is 3. The Labute approximate surface area is 219 Å². The van der Waals surface area contributed by atoms with Gasteiger partial charge in [0, 0.05) is 47.2 Å². The third kappa shape index (κ3) is 5.67. The van der Waals surface area contributed by atoms with Crippen LogP contribution in [0.15, 0.2) is 79.0 Å². The van der Waals surface area contributed by atoms with Crippen molar-refractivity contribution in [2.45, 2.75) is 25.4 Å². The topological polar surface area (TPSA) is 91.5 Å². The van der Waals surface area contributed by atoms with Gasteiger partial charge in [-0.2, -0.15) is 0 Å². The highest BCUT2D eigenvalue weighted by Gasteiger charge is 2.27. The van der Waals surface area contributed by atoms with Crippen molar-refractivity contribution in [3.63, 3.8) is 0 Å². The van der Waals surface area contributed by atoms with Crippen molar-refractivity contribution in [1.29, 1.82) is 0 Å². The number of aromatic amines is 1. The van der Waals surface area contributed by atoms with Crippen LogP contribution in [0.25, 0.3) is 10.9 Å². The molecule has 1 aliphatic rings. The molecule has 0 saturated heterocycles. The van der Waals surface area contributed by atoms with Crippen molar-refractivity contribution < 1.29 is 19.1 Å². The van der Waals surface area contributed by atoms with E-state index in [1.807, 2.05) is 48.7 Å². The number of esters is 1. The summed E-state index contributed by atoms with van der Waals surface area (Å²) in [6.45, 7) is 0.667. The van der Waals surface area contributed by atoms with Crippen molar-refractivity contribution in [3.05, 3.63) is 106 Å². The molecule has 3 aromatic carbocycles. The predicted octanol–water partition coefficient (Wildman–Crippen LogP) is 4.29. The van der Waals surface area contributed by atoms with Crippen LogP contribution in [0.1, 0.15) is 27.0 Å². The molecule has 2 N–H and O–H groups in total. The average molecular weight is 516 g/mol. The average Bonchev–Trinajstić information content (AvgIpc) is 3.34. The van der Waals surface area contributed by atoms with Crippen LogP contribution < -0.4 is 5.32 Å². The van der Waals surface area contributed by atoms with E-state index in [0.717, 1.165) is 28.5 Å². The molecule has 2 heterocycles. The summed E-state index contributed by atoms with van der Waals surface area (Å²) >= 11 is 5.94. The molecule has 5 rings (SSSR count). The van der Waals surface area contributed by atoms with Crippen LogP contribution in [0, 0.1) is 0 Å². The summed E-state index contributed by atoms with van der Waals surface area (Å²) in [5.41, 5.74) is 4.47. The lowest BCUT2D eigenvalue weighted by Crippen LogP contribution is -2.45. The zero-order valence-electron chi connectivity index (χ0n) is 20.1. The van der Waals surface area contributed by atoms with Crippen LogP contribution in [0.4, 0.5) is 0 Å². The van der Waals surface area contributed by atoms with E-state index in [9.17, 15) is 14.4 Å². The molecule has 0 aliphatic carbocycles. The van der Waals surface area contributed by atoms with E-state index >= 15 is 0 Å². The van der Waals surface area contributed by atoms with Gasteiger partial charge in [-0.3, -0.25) is 9.59 Å². The summed E-state index contributed by atoms with van der Waals surface area (Å²) in [7, 11) is 0. The van der Waals surface area contributed by atoms with Gasteiger partial charge in [0.25, 0.3) is 11.8 Å². The van der Waals surface area contributed by atoms with Gasteiger partial charge in [0.1, 0.15) is 6.04 Å². The Balaban J connectivity index is 1.28. The van der Waals surface area contributed by atoms with Crippen LogP contribution in [0.2, 0.25) is 5.02 Å². The molecule has 0 saturated carbocycles. The minimum atomic E-state index is -0.989. The number of hydrogen-bond acceptors (Lipinski definition) is 4. The van der Waals surface area contributed by atoms with Gasteiger partial charge >= 0.3 is 5.97 Å².